The van der Waals surface area contributed by atoms with Crippen molar-refractivity contribution in [3.8, 4) is 0 Å². The lowest BCUT2D eigenvalue weighted by molar-refractivity contribution is 0.0860. The lowest BCUT2D eigenvalue weighted by Crippen LogP contribution is -2.08. The van der Waals surface area contributed by atoms with Crippen LogP contribution in [-0.4, -0.2) is 23.5 Å². The van der Waals surface area contributed by atoms with E-state index < -0.39 is 0 Å². The van der Waals surface area contributed by atoms with Crippen LogP contribution < -0.4 is 0 Å². The molecule has 1 unspecified atom stereocenters. The van der Waals surface area contributed by atoms with E-state index in [9.17, 15) is 4.79 Å². The van der Waals surface area contributed by atoms with Gasteiger partial charge >= 0.3 is 0 Å². The minimum absolute atomic E-state index is 0.134. The second-order valence-corrected chi connectivity index (χ2v) is 5.37. The predicted molar refractivity (Wildman–Crippen MR) is 75.8 cm³/mol. The normalized spacial score (nSPS) is 19.1. The number of nitrogens with one attached hydrogen (secondary N) is 1. The van der Waals surface area contributed by atoms with Gasteiger partial charge < -0.3 is 9.72 Å². The quantitative estimate of drug-likeness (QED) is 0.860. The van der Waals surface area contributed by atoms with Crippen LogP contribution in [-0.2, 0) is 4.74 Å². The van der Waals surface area contributed by atoms with Gasteiger partial charge in [-0.05, 0) is 31.4 Å². The molecule has 19 heavy (non-hydrogen) atoms. The van der Waals surface area contributed by atoms with E-state index >= 15 is 0 Å². The lowest BCUT2D eigenvalue weighted by Gasteiger charge is -2.07. The molecule has 100 valence electrons. The number of hydrogen-bond donors (Lipinski definition) is 1. The summed E-state index contributed by atoms with van der Waals surface area (Å²) in [4.78, 5) is 15.4. The van der Waals surface area contributed by atoms with Crippen LogP contribution in [0, 0.1) is 0 Å². The van der Waals surface area contributed by atoms with Crippen LogP contribution in [0.25, 0.3) is 10.9 Å². The molecule has 0 bridgehead atoms. The number of halogens is 1. The number of rotatable bonds is 4. The monoisotopic (exact) mass is 277 g/mol. The van der Waals surface area contributed by atoms with Gasteiger partial charge in [-0.15, -0.1) is 0 Å². The van der Waals surface area contributed by atoms with Gasteiger partial charge in [0.2, 0.25) is 0 Å². The fourth-order valence-corrected chi connectivity index (χ4v) is 2.94. The first-order valence-electron chi connectivity index (χ1n) is 6.66. The van der Waals surface area contributed by atoms with Gasteiger partial charge in [0.1, 0.15) is 0 Å². The van der Waals surface area contributed by atoms with Crippen molar-refractivity contribution in [3.05, 3.63) is 35.0 Å². The van der Waals surface area contributed by atoms with Gasteiger partial charge in [0.15, 0.2) is 5.78 Å². The topological polar surface area (TPSA) is 42.1 Å². The molecular formula is C15H16ClNO2. The molecule has 1 aliphatic heterocycles. The Balaban J connectivity index is 1.77. The maximum absolute atomic E-state index is 12.3. The number of H-pyrrole nitrogens is 1. The van der Waals surface area contributed by atoms with E-state index in [2.05, 4.69) is 4.98 Å². The van der Waals surface area contributed by atoms with E-state index in [0.717, 1.165) is 36.8 Å². The number of benzene rings is 1. The number of Topliss-reactive ketones (excluding diaryl/α,β-unsaturated/α-hetero) is 1. The van der Waals surface area contributed by atoms with Crippen LogP contribution in [0.3, 0.4) is 0 Å². The maximum atomic E-state index is 12.3. The van der Waals surface area contributed by atoms with Crippen molar-refractivity contribution < 1.29 is 9.53 Å². The zero-order valence-corrected chi connectivity index (χ0v) is 11.4. The van der Waals surface area contributed by atoms with E-state index in [1.54, 1.807) is 6.20 Å². The summed E-state index contributed by atoms with van der Waals surface area (Å²) < 4.78 is 5.55. The van der Waals surface area contributed by atoms with Gasteiger partial charge in [0.25, 0.3) is 0 Å². The fraction of sp³-hybridized carbons (Fsp3) is 0.400. The molecule has 1 aromatic heterocycles. The summed E-state index contributed by atoms with van der Waals surface area (Å²) in [5, 5.41) is 1.46. The highest BCUT2D eigenvalue weighted by Crippen LogP contribution is 2.28. The van der Waals surface area contributed by atoms with Crippen LogP contribution >= 0.6 is 11.6 Å². The van der Waals surface area contributed by atoms with Crippen molar-refractivity contribution >= 4 is 28.3 Å². The zero-order valence-electron chi connectivity index (χ0n) is 10.6. The molecule has 1 aliphatic rings. The highest BCUT2D eigenvalue weighted by Gasteiger charge is 2.19. The Morgan fingerprint density at radius 1 is 1.47 bits per heavy atom. The SMILES string of the molecule is O=C(CCC1CCCO1)c1c[nH]c2cccc(Cl)c12. The highest BCUT2D eigenvalue weighted by molar-refractivity contribution is 6.36. The van der Waals surface area contributed by atoms with Gasteiger partial charge in [0.05, 0.1) is 11.1 Å². The molecule has 2 heterocycles. The van der Waals surface area contributed by atoms with Gasteiger partial charge in [-0.1, -0.05) is 17.7 Å². The van der Waals surface area contributed by atoms with E-state index in [1.165, 1.54) is 0 Å². The molecule has 4 heteroatoms. The highest BCUT2D eigenvalue weighted by atomic mass is 35.5. The average Bonchev–Trinajstić information content (AvgIpc) is 3.05. The molecular weight excluding hydrogens is 262 g/mol. The van der Waals surface area contributed by atoms with E-state index in [4.69, 9.17) is 16.3 Å². The van der Waals surface area contributed by atoms with Crippen molar-refractivity contribution in [3.63, 3.8) is 0 Å². The second kappa shape index (κ2) is 5.35. The standard InChI is InChI=1S/C15H16ClNO2/c16-12-4-1-5-13-15(12)11(9-17-13)14(18)7-6-10-3-2-8-19-10/h1,4-5,9-10,17H,2-3,6-8H2. The molecule has 3 nitrogen and oxygen atoms in total. The van der Waals surface area contributed by atoms with Crippen LogP contribution in [0.2, 0.25) is 5.02 Å². The molecule has 3 rings (SSSR count). The van der Waals surface area contributed by atoms with Crippen LogP contribution in [0.1, 0.15) is 36.0 Å². The first-order chi connectivity index (χ1) is 9.25. The third-order valence-corrected chi connectivity index (χ3v) is 3.99. The molecule has 0 aliphatic carbocycles. The van der Waals surface area contributed by atoms with Crippen LogP contribution in [0.5, 0.6) is 0 Å². The number of aromatic amines is 1. The van der Waals surface area contributed by atoms with Crippen molar-refractivity contribution in [1.29, 1.82) is 0 Å². The molecule has 1 aromatic carbocycles. The van der Waals surface area contributed by atoms with Crippen LogP contribution in [0.4, 0.5) is 0 Å². The molecule has 1 saturated heterocycles. The molecule has 2 aromatic rings. The number of ketones is 1. The number of aromatic nitrogens is 1. The third kappa shape index (κ3) is 2.53. The lowest BCUT2D eigenvalue weighted by atomic mass is 10.0. The fourth-order valence-electron chi connectivity index (χ4n) is 2.66. The number of carbonyl (C=O) groups is 1. The van der Waals surface area contributed by atoms with Gasteiger partial charge in [0, 0.05) is 35.7 Å². The number of fused-ring (bicyclic) bond motifs is 1. The summed E-state index contributed by atoms with van der Waals surface area (Å²) in [6.45, 7) is 0.831. The Morgan fingerprint density at radius 2 is 2.37 bits per heavy atom. The molecule has 0 amide bonds. The number of hydrogen-bond acceptors (Lipinski definition) is 2. The summed E-state index contributed by atoms with van der Waals surface area (Å²) >= 11 is 6.18. The number of carbonyl (C=O) groups excluding carboxylic acids is 1. The van der Waals surface area contributed by atoms with E-state index in [-0.39, 0.29) is 11.9 Å². The van der Waals surface area contributed by atoms with Gasteiger partial charge in [-0.25, -0.2) is 0 Å². The summed E-state index contributed by atoms with van der Waals surface area (Å²) in [5.74, 6) is 0.134. The third-order valence-electron chi connectivity index (χ3n) is 3.67. The Kier molecular flexibility index (Phi) is 3.58. The summed E-state index contributed by atoms with van der Waals surface area (Å²) in [5.41, 5.74) is 1.60. The average molecular weight is 278 g/mol. The first-order valence-corrected chi connectivity index (χ1v) is 7.04. The molecule has 1 N–H and O–H groups in total. The maximum Gasteiger partial charge on any atom is 0.165 e. The molecule has 0 radical (unpaired) electrons. The Hall–Kier alpha value is -1.32. The Bertz CT molecular complexity index is 599. The predicted octanol–water partition coefficient (Wildman–Crippen LogP) is 3.96. The minimum atomic E-state index is 0.134. The summed E-state index contributed by atoms with van der Waals surface area (Å²) in [7, 11) is 0. The molecule has 1 fully saturated rings. The number of ether oxygens (including phenoxy) is 1. The molecule has 0 spiro atoms. The van der Waals surface area contributed by atoms with Crippen molar-refractivity contribution in [2.24, 2.45) is 0 Å². The Morgan fingerprint density at radius 3 is 3.16 bits per heavy atom. The Labute approximate surface area is 116 Å². The summed E-state index contributed by atoms with van der Waals surface area (Å²) in [6, 6.07) is 5.62. The molecule has 1 atom stereocenters. The van der Waals surface area contributed by atoms with Gasteiger partial charge in [-0.2, -0.15) is 0 Å². The minimum Gasteiger partial charge on any atom is -0.378 e. The van der Waals surface area contributed by atoms with Crippen molar-refractivity contribution in [2.75, 3.05) is 6.61 Å². The summed E-state index contributed by atoms with van der Waals surface area (Å²) in [6.07, 6.45) is 5.51. The smallest absolute Gasteiger partial charge is 0.165 e. The largest absolute Gasteiger partial charge is 0.378 e. The van der Waals surface area contributed by atoms with Crippen molar-refractivity contribution in [2.45, 2.75) is 31.8 Å². The van der Waals surface area contributed by atoms with E-state index in [1.807, 2.05) is 18.2 Å². The zero-order chi connectivity index (χ0) is 13.2. The van der Waals surface area contributed by atoms with Crippen LogP contribution in [0.15, 0.2) is 24.4 Å². The molecule has 0 saturated carbocycles. The van der Waals surface area contributed by atoms with Crippen molar-refractivity contribution in [1.82, 2.24) is 4.98 Å². The van der Waals surface area contributed by atoms with E-state index in [0.29, 0.717) is 17.0 Å². The van der Waals surface area contributed by atoms with Gasteiger partial charge in [-0.3, -0.25) is 4.79 Å². The second-order valence-electron chi connectivity index (χ2n) is 4.96. The first kappa shape index (κ1) is 12.7.